The van der Waals surface area contributed by atoms with Crippen LogP contribution < -0.4 is 10.6 Å². The third kappa shape index (κ3) is 4.68. The van der Waals surface area contributed by atoms with Crippen LogP contribution in [0.2, 0.25) is 0 Å². The summed E-state index contributed by atoms with van der Waals surface area (Å²) in [6, 6.07) is 21.2. The van der Waals surface area contributed by atoms with Crippen LogP contribution in [0.3, 0.4) is 0 Å². The number of rotatable bonds is 7. The second-order valence-corrected chi connectivity index (χ2v) is 7.54. The fraction of sp³-hybridized carbons (Fsp3) is 0.160. The van der Waals surface area contributed by atoms with Gasteiger partial charge in [0.15, 0.2) is 6.10 Å². The van der Waals surface area contributed by atoms with E-state index in [2.05, 4.69) is 10.6 Å². The molecular weight excluding hydrogens is 406 g/mol. The van der Waals surface area contributed by atoms with Crippen molar-refractivity contribution in [1.29, 1.82) is 0 Å². The first-order valence-electron chi connectivity index (χ1n) is 10.2. The minimum absolute atomic E-state index is 0.0907. The number of ether oxygens (including phenoxy) is 1. The first-order valence-corrected chi connectivity index (χ1v) is 10.2. The van der Waals surface area contributed by atoms with Gasteiger partial charge in [0.25, 0.3) is 0 Å². The van der Waals surface area contributed by atoms with Gasteiger partial charge in [-0.1, -0.05) is 36.4 Å². The molecule has 7 heteroatoms. The van der Waals surface area contributed by atoms with E-state index >= 15 is 0 Å². The molecule has 0 saturated heterocycles. The van der Waals surface area contributed by atoms with Crippen LogP contribution in [0.5, 0.6) is 0 Å². The molecule has 7 nitrogen and oxygen atoms in total. The fourth-order valence-corrected chi connectivity index (χ4v) is 3.53. The van der Waals surface area contributed by atoms with Crippen molar-refractivity contribution in [3.63, 3.8) is 0 Å². The number of nitrogens with one attached hydrogen (secondary N) is 2. The molecule has 1 aromatic heterocycles. The lowest BCUT2D eigenvalue weighted by atomic mass is 10.1. The van der Waals surface area contributed by atoms with Gasteiger partial charge in [-0.2, -0.15) is 0 Å². The Labute approximate surface area is 185 Å². The number of carbonyl (C=O) groups is 2. The van der Waals surface area contributed by atoms with Gasteiger partial charge in [0.05, 0.1) is 23.3 Å². The molecular formula is C25H23N3O4. The van der Waals surface area contributed by atoms with Crippen LogP contribution in [-0.4, -0.2) is 28.1 Å². The van der Waals surface area contributed by atoms with Gasteiger partial charge in [0, 0.05) is 29.1 Å². The molecule has 0 bridgehead atoms. The molecule has 3 N–H and O–H groups in total. The van der Waals surface area contributed by atoms with Crippen molar-refractivity contribution >= 4 is 50.7 Å². The number of carbonyl (C=O) groups excluding carboxylic acids is 1. The molecule has 0 aliphatic heterocycles. The maximum atomic E-state index is 11.7. The summed E-state index contributed by atoms with van der Waals surface area (Å²) < 4.78 is 5.45. The number of carboxylic acids is 1. The number of hydrogen-bond donors (Lipinski definition) is 3. The lowest BCUT2D eigenvalue weighted by molar-refractivity contribution is -0.149. The van der Waals surface area contributed by atoms with E-state index in [0.717, 1.165) is 38.7 Å². The lowest BCUT2D eigenvalue weighted by Crippen LogP contribution is -2.19. The van der Waals surface area contributed by atoms with Gasteiger partial charge in [-0.3, -0.25) is 4.79 Å². The average molecular weight is 429 g/mol. The summed E-state index contributed by atoms with van der Waals surface area (Å²) in [4.78, 5) is 27.5. The van der Waals surface area contributed by atoms with Crippen molar-refractivity contribution in [3.8, 4) is 0 Å². The van der Waals surface area contributed by atoms with Gasteiger partial charge in [-0.05, 0) is 42.8 Å². The van der Waals surface area contributed by atoms with Crippen LogP contribution in [0.15, 0.2) is 66.7 Å². The molecule has 4 rings (SSSR count). The number of para-hydroxylation sites is 2. The van der Waals surface area contributed by atoms with E-state index in [0.29, 0.717) is 5.69 Å². The van der Waals surface area contributed by atoms with E-state index in [9.17, 15) is 9.59 Å². The van der Waals surface area contributed by atoms with Crippen molar-refractivity contribution in [1.82, 2.24) is 4.98 Å². The summed E-state index contributed by atoms with van der Waals surface area (Å²) in [6.45, 7) is 3.01. The van der Waals surface area contributed by atoms with Crippen LogP contribution in [0.4, 0.5) is 17.1 Å². The van der Waals surface area contributed by atoms with Crippen molar-refractivity contribution in [2.75, 3.05) is 10.6 Å². The molecule has 0 radical (unpaired) electrons. The molecule has 0 aliphatic carbocycles. The molecule has 1 heterocycles. The molecule has 0 fully saturated rings. The van der Waals surface area contributed by atoms with Crippen LogP contribution in [0, 0.1) is 0 Å². The Bertz CT molecular complexity index is 1270. The van der Waals surface area contributed by atoms with Gasteiger partial charge < -0.3 is 20.5 Å². The number of benzene rings is 3. The third-order valence-electron chi connectivity index (χ3n) is 5.02. The van der Waals surface area contributed by atoms with Crippen molar-refractivity contribution in [2.45, 2.75) is 26.6 Å². The topological polar surface area (TPSA) is 101 Å². The second-order valence-electron chi connectivity index (χ2n) is 7.54. The second kappa shape index (κ2) is 9.03. The van der Waals surface area contributed by atoms with Crippen LogP contribution >= 0.6 is 0 Å². The van der Waals surface area contributed by atoms with Gasteiger partial charge in [0.1, 0.15) is 0 Å². The zero-order valence-corrected chi connectivity index (χ0v) is 17.8. The molecule has 3 aromatic carbocycles. The summed E-state index contributed by atoms with van der Waals surface area (Å²) in [6.07, 6.45) is -0.941. The molecule has 0 spiro atoms. The van der Waals surface area contributed by atoms with E-state index in [-0.39, 0.29) is 12.5 Å². The first-order chi connectivity index (χ1) is 15.4. The predicted octanol–water partition coefficient (Wildman–Crippen LogP) is 5.08. The first kappa shape index (κ1) is 21.3. The zero-order chi connectivity index (χ0) is 22.7. The minimum atomic E-state index is -1.03. The lowest BCUT2D eigenvalue weighted by Gasteiger charge is -2.16. The monoisotopic (exact) mass is 429 g/mol. The van der Waals surface area contributed by atoms with E-state index in [1.54, 1.807) is 6.07 Å². The highest BCUT2D eigenvalue weighted by Crippen LogP contribution is 2.34. The number of amides is 1. The fourth-order valence-electron chi connectivity index (χ4n) is 3.53. The Hall–Kier alpha value is -3.97. The standard InChI is InChI=1S/C25H23N3O4/c1-15(25(30)31)32-14-17-11-18(26-16(2)29)13-19(12-17)27-24-20-7-3-5-9-22(20)28-23-10-6-4-8-21(23)24/h3-13,15H,14H2,1-2H3,(H,26,29)(H,27,28)(H,30,31). The number of pyridine rings is 1. The van der Waals surface area contributed by atoms with Crippen LogP contribution in [0.1, 0.15) is 19.4 Å². The summed E-state index contributed by atoms with van der Waals surface area (Å²) in [5.41, 5.74) is 4.69. The number of fused-ring (bicyclic) bond motifs is 2. The minimum Gasteiger partial charge on any atom is -0.479 e. The normalized spacial score (nSPS) is 11.9. The Balaban J connectivity index is 1.77. The molecule has 1 atom stereocenters. The van der Waals surface area contributed by atoms with Crippen molar-refractivity contribution < 1.29 is 19.4 Å². The summed E-state index contributed by atoms with van der Waals surface area (Å²) in [5.74, 6) is -1.23. The Kier molecular flexibility index (Phi) is 6.00. The SMILES string of the molecule is CC(=O)Nc1cc(COC(C)C(=O)O)cc(Nc2c3ccccc3nc3ccccc23)c1. The summed E-state index contributed by atoms with van der Waals surface area (Å²) >= 11 is 0. The number of nitrogens with zero attached hydrogens (tertiary/aromatic N) is 1. The Morgan fingerprint density at radius 1 is 0.969 bits per heavy atom. The van der Waals surface area contributed by atoms with E-state index < -0.39 is 12.1 Å². The van der Waals surface area contributed by atoms with E-state index in [4.69, 9.17) is 14.8 Å². The van der Waals surface area contributed by atoms with Gasteiger partial charge >= 0.3 is 5.97 Å². The van der Waals surface area contributed by atoms with E-state index in [1.807, 2.05) is 60.7 Å². The third-order valence-corrected chi connectivity index (χ3v) is 5.02. The zero-order valence-electron chi connectivity index (χ0n) is 17.8. The van der Waals surface area contributed by atoms with Gasteiger partial charge in [-0.15, -0.1) is 0 Å². The Morgan fingerprint density at radius 3 is 2.16 bits per heavy atom. The molecule has 162 valence electrons. The van der Waals surface area contributed by atoms with Gasteiger partial charge in [0.2, 0.25) is 5.91 Å². The highest BCUT2D eigenvalue weighted by molar-refractivity contribution is 6.08. The van der Waals surface area contributed by atoms with Crippen LogP contribution in [-0.2, 0) is 20.9 Å². The molecule has 1 amide bonds. The smallest absolute Gasteiger partial charge is 0.332 e. The maximum absolute atomic E-state index is 11.7. The molecule has 4 aromatic rings. The highest BCUT2D eigenvalue weighted by Gasteiger charge is 2.13. The largest absolute Gasteiger partial charge is 0.479 e. The van der Waals surface area contributed by atoms with Crippen LogP contribution in [0.25, 0.3) is 21.8 Å². The maximum Gasteiger partial charge on any atom is 0.332 e. The number of hydrogen-bond acceptors (Lipinski definition) is 5. The average Bonchev–Trinajstić information content (AvgIpc) is 2.76. The highest BCUT2D eigenvalue weighted by atomic mass is 16.5. The number of anilines is 3. The summed E-state index contributed by atoms with van der Waals surface area (Å²) in [7, 11) is 0. The van der Waals surface area contributed by atoms with Crippen molar-refractivity contribution in [3.05, 3.63) is 72.3 Å². The molecule has 0 saturated carbocycles. The molecule has 0 aliphatic rings. The number of aromatic nitrogens is 1. The Morgan fingerprint density at radius 2 is 1.56 bits per heavy atom. The number of carboxylic acid groups (broad SMARTS) is 1. The quantitative estimate of drug-likeness (QED) is 0.354. The van der Waals surface area contributed by atoms with Gasteiger partial charge in [-0.25, -0.2) is 9.78 Å². The van der Waals surface area contributed by atoms with E-state index in [1.165, 1.54) is 13.8 Å². The molecule has 1 unspecified atom stereocenters. The predicted molar refractivity (Wildman–Crippen MR) is 125 cm³/mol. The molecule has 32 heavy (non-hydrogen) atoms. The van der Waals surface area contributed by atoms with Crippen molar-refractivity contribution in [2.24, 2.45) is 0 Å². The number of aliphatic carboxylic acids is 1. The summed E-state index contributed by atoms with van der Waals surface area (Å²) in [5, 5.41) is 17.3.